The summed E-state index contributed by atoms with van der Waals surface area (Å²) in [6.07, 6.45) is 110. The Morgan fingerprint density at radius 3 is 0.889 bits per heavy atom. The summed E-state index contributed by atoms with van der Waals surface area (Å²) in [7, 11) is 1.09. The van der Waals surface area contributed by atoms with Crippen LogP contribution in [0.2, 0.25) is 0 Å². The molecular weight excluding hydrogens is 1130 g/mol. The molecule has 10 heteroatoms. The molecule has 0 aliphatic carbocycles. The van der Waals surface area contributed by atoms with Crippen molar-refractivity contribution in [1.82, 2.24) is 0 Å². The highest BCUT2D eigenvalue weighted by molar-refractivity contribution is 7.45. The van der Waals surface area contributed by atoms with Gasteiger partial charge >= 0.3 is 11.9 Å². The minimum absolute atomic E-state index is 0.0560. The van der Waals surface area contributed by atoms with Crippen molar-refractivity contribution in [2.75, 3.05) is 47.5 Å². The van der Waals surface area contributed by atoms with E-state index in [1.807, 2.05) is 21.1 Å². The summed E-state index contributed by atoms with van der Waals surface area (Å²) in [6.45, 7) is 3.90. The van der Waals surface area contributed by atoms with Gasteiger partial charge in [-0.15, -0.1) is 0 Å². The van der Waals surface area contributed by atoms with Gasteiger partial charge in [-0.1, -0.05) is 264 Å². The van der Waals surface area contributed by atoms with E-state index >= 15 is 0 Å². The van der Waals surface area contributed by atoms with Crippen LogP contribution >= 0.6 is 7.82 Å². The molecule has 0 aromatic heterocycles. The molecule has 0 spiro atoms. The molecule has 0 bridgehead atoms. The third kappa shape index (κ3) is 71.1. The van der Waals surface area contributed by atoms with Gasteiger partial charge in [0.05, 0.1) is 27.7 Å². The van der Waals surface area contributed by atoms with Crippen molar-refractivity contribution in [1.29, 1.82) is 0 Å². The number of carbonyl (C=O) groups is 2. The Morgan fingerprint density at radius 2 is 0.600 bits per heavy atom. The lowest BCUT2D eigenvalue weighted by atomic mass is 10.1. The molecule has 0 aliphatic heterocycles. The van der Waals surface area contributed by atoms with Crippen molar-refractivity contribution >= 4 is 19.8 Å². The Labute approximate surface area is 550 Å². The zero-order valence-corrected chi connectivity index (χ0v) is 57.6. The fourth-order valence-electron chi connectivity index (χ4n) is 8.03. The number of quaternary nitrogens is 1. The van der Waals surface area contributed by atoms with Gasteiger partial charge in [-0.2, -0.15) is 0 Å². The third-order valence-corrected chi connectivity index (χ3v) is 14.1. The van der Waals surface area contributed by atoms with Crippen molar-refractivity contribution in [3.8, 4) is 0 Å². The van der Waals surface area contributed by atoms with E-state index in [-0.39, 0.29) is 26.1 Å². The monoisotopic (exact) mass is 1260 g/mol. The smallest absolute Gasteiger partial charge is 0.306 e. The summed E-state index contributed by atoms with van der Waals surface area (Å²) in [5.74, 6) is -0.923. The lowest BCUT2D eigenvalue weighted by Crippen LogP contribution is -2.37. The Hall–Kier alpha value is -5.93. The van der Waals surface area contributed by atoms with Crippen LogP contribution in [0.4, 0.5) is 0 Å². The van der Waals surface area contributed by atoms with Gasteiger partial charge in [0.1, 0.15) is 19.8 Å². The third-order valence-electron chi connectivity index (χ3n) is 13.2. The Kier molecular flexibility index (Phi) is 63.0. The summed E-state index contributed by atoms with van der Waals surface area (Å²) >= 11 is 0. The molecular formula is C80H122NO8P. The van der Waals surface area contributed by atoms with Crippen LogP contribution in [0.25, 0.3) is 0 Å². The first-order valence-corrected chi connectivity index (χ1v) is 35.6. The van der Waals surface area contributed by atoms with E-state index in [0.29, 0.717) is 23.9 Å². The van der Waals surface area contributed by atoms with Gasteiger partial charge in [0.15, 0.2) is 6.10 Å². The highest BCUT2D eigenvalue weighted by Gasteiger charge is 2.22. The quantitative estimate of drug-likeness (QED) is 0.0195. The average molecular weight is 1260 g/mol. The molecule has 0 aromatic rings. The summed E-state index contributed by atoms with van der Waals surface area (Å²) in [6, 6.07) is 0. The summed E-state index contributed by atoms with van der Waals surface area (Å²) < 4.78 is 34.2. The number of ether oxygens (including phenoxy) is 2. The largest absolute Gasteiger partial charge is 0.756 e. The molecule has 0 aliphatic rings. The SMILES string of the molecule is CC/C=C\C/C=C\C/C=C\C/C=C\C/C=C\C/C=C\C/C=C\C/C=C\C/C=C\C/C=C\C/C=C\C/C=C\CCCCCCC(=O)OC(COC(=O)CCCCC/C=C\C/C=C\C/C=C\C/C=C\C/C=C\C/C=C\C/C=C\CC)COP(=O)([O-])OCC[N+](C)(C)C. The van der Waals surface area contributed by atoms with Crippen molar-refractivity contribution < 1.29 is 42.1 Å². The zero-order chi connectivity index (χ0) is 65.5. The predicted octanol–water partition coefficient (Wildman–Crippen LogP) is 22.0. The molecule has 0 rings (SSSR count). The topological polar surface area (TPSA) is 111 Å². The molecule has 90 heavy (non-hydrogen) atoms. The minimum atomic E-state index is -4.68. The summed E-state index contributed by atoms with van der Waals surface area (Å²) in [5.41, 5.74) is 0. The molecule has 0 heterocycles. The summed E-state index contributed by atoms with van der Waals surface area (Å²) in [5, 5.41) is 0. The first-order chi connectivity index (χ1) is 44.0. The van der Waals surface area contributed by atoms with Crippen molar-refractivity contribution in [3.05, 3.63) is 231 Å². The van der Waals surface area contributed by atoms with Gasteiger partial charge in [0.2, 0.25) is 0 Å². The predicted molar refractivity (Wildman–Crippen MR) is 387 cm³/mol. The van der Waals surface area contributed by atoms with Crippen LogP contribution in [0.3, 0.4) is 0 Å². The van der Waals surface area contributed by atoms with Crippen LogP contribution in [-0.4, -0.2) is 70.0 Å². The maximum absolute atomic E-state index is 12.8. The van der Waals surface area contributed by atoms with Crippen molar-refractivity contribution in [2.24, 2.45) is 0 Å². The number of hydrogen-bond acceptors (Lipinski definition) is 8. The van der Waals surface area contributed by atoms with Crippen LogP contribution in [0, 0.1) is 0 Å². The second-order valence-electron chi connectivity index (χ2n) is 22.7. The molecule has 0 aromatic carbocycles. The number of rotatable bonds is 59. The number of allylic oxidation sites excluding steroid dienone is 38. The van der Waals surface area contributed by atoms with Gasteiger partial charge in [-0.3, -0.25) is 14.2 Å². The first kappa shape index (κ1) is 84.1. The van der Waals surface area contributed by atoms with E-state index < -0.39 is 32.5 Å². The molecule has 0 N–H and O–H groups in total. The van der Waals surface area contributed by atoms with Crippen LogP contribution in [0.15, 0.2) is 231 Å². The van der Waals surface area contributed by atoms with E-state index in [1.54, 1.807) is 0 Å². The second-order valence-corrected chi connectivity index (χ2v) is 24.1. The normalized spacial score (nSPS) is 14.6. The van der Waals surface area contributed by atoms with Gasteiger partial charge in [0, 0.05) is 12.8 Å². The van der Waals surface area contributed by atoms with E-state index in [2.05, 4.69) is 245 Å². The number of phosphoric ester groups is 1. The molecule has 500 valence electrons. The van der Waals surface area contributed by atoms with Gasteiger partial charge in [-0.25, -0.2) is 0 Å². The van der Waals surface area contributed by atoms with E-state index in [9.17, 15) is 19.0 Å². The number of phosphoric acid groups is 1. The molecule has 0 fully saturated rings. The van der Waals surface area contributed by atoms with Gasteiger partial charge in [-0.05, 0) is 161 Å². The number of unbranched alkanes of at least 4 members (excludes halogenated alkanes) is 7. The summed E-state index contributed by atoms with van der Waals surface area (Å²) in [4.78, 5) is 38.0. The number of likely N-dealkylation sites (N-methyl/N-ethyl adjacent to an activating group) is 1. The van der Waals surface area contributed by atoms with E-state index in [4.69, 9.17) is 18.5 Å². The molecule has 0 amide bonds. The van der Waals surface area contributed by atoms with Crippen molar-refractivity contribution in [2.45, 2.75) is 213 Å². The van der Waals surface area contributed by atoms with Crippen molar-refractivity contribution in [3.63, 3.8) is 0 Å². The fourth-order valence-corrected chi connectivity index (χ4v) is 8.76. The maximum Gasteiger partial charge on any atom is 0.306 e. The van der Waals surface area contributed by atoms with Crippen LogP contribution in [0.1, 0.15) is 206 Å². The van der Waals surface area contributed by atoms with E-state index in [1.165, 1.54) is 0 Å². The Bertz CT molecular complexity index is 2370. The van der Waals surface area contributed by atoms with Gasteiger partial charge < -0.3 is 27.9 Å². The lowest BCUT2D eigenvalue weighted by molar-refractivity contribution is -0.870. The minimum Gasteiger partial charge on any atom is -0.756 e. The van der Waals surface area contributed by atoms with Crippen LogP contribution in [0.5, 0.6) is 0 Å². The molecule has 2 unspecified atom stereocenters. The first-order valence-electron chi connectivity index (χ1n) is 34.1. The number of nitrogens with zero attached hydrogens (tertiary/aromatic N) is 1. The molecule has 9 nitrogen and oxygen atoms in total. The maximum atomic E-state index is 12.8. The highest BCUT2D eigenvalue weighted by Crippen LogP contribution is 2.38. The molecule has 2 atom stereocenters. The van der Waals surface area contributed by atoms with Gasteiger partial charge in [0.25, 0.3) is 7.82 Å². The lowest BCUT2D eigenvalue weighted by Gasteiger charge is -2.28. The Balaban J connectivity index is 4.28. The van der Waals surface area contributed by atoms with Crippen LogP contribution < -0.4 is 4.89 Å². The molecule has 0 radical (unpaired) electrons. The average Bonchev–Trinajstić information content (AvgIpc) is 3.62. The highest BCUT2D eigenvalue weighted by atomic mass is 31.2. The number of hydrogen-bond donors (Lipinski definition) is 0. The molecule has 0 saturated heterocycles. The number of carbonyl (C=O) groups excluding carboxylic acids is 2. The standard InChI is InChI=1S/C80H122NO8P/c1-6-8-10-12-14-16-18-20-22-24-26-28-30-32-33-34-35-36-37-38-39-40-41-42-43-44-45-46-47-49-51-53-55-57-59-61-63-65-67-69-71-73-80(83)89-78(77-88-90(84,85)87-75-74-81(3,4)5)76-86-79(82)72-70-68-66-64-62-60-58-56-54-52-50-48-31-29-27-25-23-21-19-17-15-13-11-9-7-2/h8-11,14-17,20-23,26-29,32-33,35-36,38-39,41-42,44-45,47-50,53-56,59-62,78H,6-7,12-13,18-19,24-25,30-31,34,37,40,43,46,51-52,57-58,63-77H2,1-5H3/b10-8-,11-9-,16-14-,17-15-,22-20-,23-21-,28-26-,29-27-,33-32-,36-35-,39-38-,42-41-,45-44-,49-47-,50-48-,55-53-,56-54-,61-59-,62-60-. The second kappa shape index (κ2) is 67.5. The Morgan fingerprint density at radius 1 is 0.344 bits per heavy atom. The van der Waals surface area contributed by atoms with E-state index in [0.717, 1.165) is 167 Å². The molecule has 0 saturated carbocycles. The fraction of sp³-hybridized carbons (Fsp3) is 0.500. The zero-order valence-electron chi connectivity index (χ0n) is 56.7. The number of esters is 2. The van der Waals surface area contributed by atoms with Crippen LogP contribution in [-0.2, 0) is 32.7 Å².